The van der Waals surface area contributed by atoms with Gasteiger partial charge in [-0.05, 0) is 30.5 Å². The number of hydrogen-bond acceptors (Lipinski definition) is 5. The Bertz CT molecular complexity index is 592. The number of benzene rings is 2. The van der Waals surface area contributed by atoms with Gasteiger partial charge in [0, 0.05) is 0 Å². The third-order valence-electron chi connectivity index (χ3n) is 2.35. The molecule has 1 N–H and O–H groups in total. The molecule has 0 heterocycles. The maximum absolute atomic E-state index is 12.9. The first kappa shape index (κ1) is 15.9. The van der Waals surface area contributed by atoms with E-state index in [-0.39, 0.29) is 0 Å². The van der Waals surface area contributed by atoms with Gasteiger partial charge in [-0.25, -0.2) is 4.57 Å². The van der Waals surface area contributed by atoms with Crippen LogP contribution in [0.15, 0.2) is 60.7 Å². The van der Waals surface area contributed by atoms with Crippen molar-refractivity contribution in [2.45, 2.75) is 0 Å². The van der Waals surface area contributed by atoms with Gasteiger partial charge in [0.25, 0.3) is 0 Å². The lowest BCUT2D eigenvalue weighted by Gasteiger charge is -2.20. The highest BCUT2D eigenvalue weighted by molar-refractivity contribution is 8.22. The Kier molecular flexibility index (Phi) is 5.67. The summed E-state index contributed by atoms with van der Waals surface area (Å²) in [5.41, 5.74) is 0. The van der Waals surface area contributed by atoms with Crippen molar-refractivity contribution in [2.24, 2.45) is 0 Å². The van der Waals surface area contributed by atoms with Crippen LogP contribution in [0.5, 0.6) is 11.5 Å². The summed E-state index contributed by atoms with van der Waals surface area (Å²) >= 11 is 6.32. The molecule has 0 atom stereocenters. The topological polar surface area (TPSA) is 47.6 Å². The monoisotopic (exact) mass is 339 g/mol. The third-order valence-corrected chi connectivity index (χ3v) is 5.13. The Morgan fingerprint density at radius 3 is 1.81 bits per heavy atom. The fourth-order valence-electron chi connectivity index (χ4n) is 1.46. The Labute approximate surface area is 133 Å². The SMILES string of the molecule is CSC(=S)NP(=O)(Oc1ccccc1)Oc1ccccc1. The van der Waals surface area contributed by atoms with Crippen LogP contribution >= 0.6 is 31.7 Å². The molecule has 0 fully saturated rings. The fourth-order valence-corrected chi connectivity index (χ4v) is 3.65. The lowest BCUT2D eigenvalue weighted by Crippen LogP contribution is -2.21. The zero-order chi connectivity index (χ0) is 15.1. The zero-order valence-electron chi connectivity index (χ0n) is 11.3. The zero-order valence-corrected chi connectivity index (χ0v) is 13.8. The lowest BCUT2D eigenvalue weighted by molar-refractivity contribution is 0.381. The van der Waals surface area contributed by atoms with Gasteiger partial charge in [0.05, 0.1) is 0 Å². The summed E-state index contributed by atoms with van der Waals surface area (Å²) in [6, 6.07) is 17.6. The average molecular weight is 339 g/mol. The smallest absolute Gasteiger partial charge is 0.400 e. The molecule has 0 aliphatic rings. The molecular weight excluding hydrogens is 325 g/mol. The van der Waals surface area contributed by atoms with Crippen LogP contribution in [0.1, 0.15) is 0 Å². The highest BCUT2D eigenvalue weighted by Crippen LogP contribution is 2.45. The van der Waals surface area contributed by atoms with E-state index in [0.717, 1.165) is 0 Å². The van der Waals surface area contributed by atoms with Crippen LogP contribution in [-0.2, 0) is 4.57 Å². The maximum Gasteiger partial charge on any atom is 0.542 e. The summed E-state index contributed by atoms with van der Waals surface area (Å²) in [5.74, 6) is 0.876. The van der Waals surface area contributed by atoms with Gasteiger partial charge >= 0.3 is 7.75 Å². The van der Waals surface area contributed by atoms with E-state index in [1.165, 1.54) is 11.8 Å². The number of hydrogen-bond donors (Lipinski definition) is 1. The molecule has 0 amide bonds. The van der Waals surface area contributed by atoms with E-state index in [4.69, 9.17) is 21.3 Å². The van der Waals surface area contributed by atoms with Gasteiger partial charge in [0.1, 0.15) is 15.8 Å². The fraction of sp³-hybridized carbons (Fsp3) is 0.0714. The summed E-state index contributed by atoms with van der Waals surface area (Å²) < 4.78 is 24.2. The van der Waals surface area contributed by atoms with Crippen LogP contribution in [0.4, 0.5) is 0 Å². The second-order valence-corrected chi connectivity index (χ2v) is 6.98. The summed E-state index contributed by atoms with van der Waals surface area (Å²) in [6.07, 6.45) is 1.78. The molecule has 4 nitrogen and oxygen atoms in total. The maximum atomic E-state index is 12.9. The van der Waals surface area contributed by atoms with Crippen molar-refractivity contribution in [3.05, 3.63) is 60.7 Å². The van der Waals surface area contributed by atoms with Gasteiger partial charge < -0.3 is 9.05 Å². The first-order valence-electron chi connectivity index (χ1n) is 6.07. The van der Waals surface area contributed by atoms with E-state index >= 15 is 0 Å². The molecule has 21 heavy (non-hydrogen) atoms. The average Bonchev–Trinajstić information content (AvgIpc) is 2.48. The molecule has 2 rings (SSSR count). The summed E-state index contributed by atoms with van der Waals surface area (Å²) in [5, 5.41) is 2.65. The van der Waals surface area contributed by atoms with Crippen molar-refractivity contribution in [1.29, 1.82) is 0 Å². The quantitative estimate of drug-likeness (QED) is 0.640. The molecule has 0 saturated heterocycles. The Balaban J connectivity index is 2.21. The molecule has 0 radical (unpaired) electrons. The minimum Gasteiger partial charge on any atom is -0.400 e. The van der Waals surface area contributed by atoms with Crippen LogP contribution in [0, 0.1) is 0 Å². The van der Waals surface area contributed by atoms with Crippen molar-refractivity contribution in [1.82, 2.24) is 5.09 Å². The Morgan fingerprint density at radius 2 is 1.43 bits per heavy atom. The van der Waals surface area contributed by atoms with Gasteiger partial charge in [-0.3, -0.25) is 5.09 Å². The summed E-state index contributed by atoms with van der Waals surface area (Å²) in [4.78, 5) is 0. The molecule has 2 aromatic carbocycles. The van der Waals surface area contributed by atoms with Crippen molar-refractivity contribution >= 4 is 36.0 Å². The minimum atomic E-state index is -3.65. The first-order valence-corrected chi connectivity index (χ1v) is 9.24. The molecule has 7 heteroatoms. The van der Waals surface area contributed by atoms with E-state index in [1.54, 1.807) is 54.8 Å². The van der Waals surface area contributed by atoms with Gasteiger partial charge in [0.2, 0.25) is 0 Å². The van der Waals surface area contributed by atoms with Crippen molar-refractivity contribution in [3.63, 3.8) is 0 Å². The highest BCUT2D eigenvalue weighted by atomic mass is 32.2. The molecular formula is C14H14NO3PS2. The largest absolute Gasteiger partial charge is 0.542 e. The van der Waals surface area contributed by atoms with Crippen molar-refractivity contribution in [2.75, 3.05) is 6.26 Å². The van der Waals surface area contributed by atoms with E-state index in [0.29, 0.717) is 15.8 Å². The van der Waals surface area contributed by atoms with Gasteiger partial charge in [-0.2, -0.15) is 0 Å². The molecule has 0 aliphatic carbocycles. The third kappa shape index (κ3) is 5.08. The van der Waals surface area contributed by atoms with Crippen LogP contribution < -0.4 is 14.1 Å². The normalized spacial score (nSPS) is 10.7. The van der Waals surface area contributed by atoms with Crippen LogP contribution in [0.3, 0.4) is 0 Å². The molecule has 0 unspecified atom stereocenters. The second-order valence-electron chi connectivity index (χ2n) is 3.91. The number of thiocarbonyl (C=S) groups is 1. The van der Waals surface area contributed by atoms with Gasteiger partial charge in [0.15, 0.2) is 0 Å². The minimum absolute atomic E-state index is 0.338. The molecule has 110 valence electrons. The summed E-state index contributed by atoms with van der Waals surface area (Å²) in [6.45, 7) is 0. The summed E-state index contributed by atoms with van der Waals surface area (Å²) in [7, 11) is -3.65. The van der Waals surface area contributed by atoms with E-state index < -0.39 is 7.75 Å². The van der Waals surface area contributed by atoms with Crippen LogP contribution in [0.25, 0.3) is 0 Å². The molecule has 2 aromatic rings. The first-order chi connectivity index (χ1) is 10.1. The second kappa shape index (κ2) is 7.50. The number of thioether (sulfide) groups is 1. The molecule has 0 spiro atoms. The molecule has 0 bridgehead atoms. The van der Waals surface area contributed by atoms with E-state index in [9.17, 15) is 4.57 Å². The Morgan fingerprint density at radius 1 is 1.00 bits per heavy atom. The molecule has 0 aromatic heterocycles. The van der Waals surface area contributed by atoms with Gasteiger partial charge in [-0.1, -0.05) is 48.6 Å². The van der Waals surface area contributed by atoms with Crippen molar-refractivity contribution in [3.8, 4) is 11.5 Å². The molecule has 0 aliphatic heterocycles. The number of rotatable bonds is 5. The van der Waals surface area contributed by atoms with Crippen molar-refractivity contribution < 1.29 is 13.6 Å². The number of nitrogens with one attached hydrogen (secondary N) is 1. The lowest BCUT2D eigenvalue weighted by atomic mass is 10.3. The van der Waals surface area contributed by atoms with E-state index in [1.807, 2.05) is 12.1 Å². The molecule has 0 saturated carbocycles. The predicted octanol–water partition coefficient (Wildman–Crippen LogP) is 4.49. The highest BCUT2D eigenvalue weighted by Gasteiger charge is 2.29. The number of para-hydroxylation sites is 2. The standard InChI is InChI=1S/C14H14NO3PS2/c1-21-14(20)15-19(16,17-12-8-4-2-5-9-12)18-13-10-6-3-7-11-13/h2-11H,1H3,(H,15,16,20). The van der Waals surface area contributed by atoms with Crippen LogP contribution in [0.2, 0.25) is 0 Å². The van der Waals surface area contributed by atoms with Gasteiger partial charge in [-0.15, -0.1) is 11.8 Å². The Hall–Kier alpha value is -1.49. The predicted molar refractivity (Wildman–Crippen MR) is 91.0 cm³/mol. The van der Waals surface area contributed by atoms with E-state index in [2.05, 4.69) is 5.09 Å². The van der Waals surface area contributed by atoms with Crippen LogP contribution in [-0.4, -0.2) is 10.6 Å².